The third kappa shape index (κ3) is 2.44. The van der Waals surface area contributed by atoms with Gasteiger partial charge in [-0.05, 0) is 36.4 Å². The van der Waals surface area contributed by atoms with E-state index in [2.05, 4.69) is 20.9 Å². The minimum atomic E-state index is 0.290. The molecule has 6 heteroatoms. The van der Waals surface area contributed by atoms with Gasteiger partial charge in [-0.1, -0.05) is 39.1 Å². The molecule has 3 rings (SSSR count). The van der Waals surface area contributed by atoms with Crippen molar-refractivity contribution in [2.75, 3.05) is 0 Å². The van der Waals surface area contributed by atoms with E-state index in [1.54, 1.807) is 0 Å². The highest BCUT2D eigenvalue weighted by molar-refractivity contribution is 9.10. The Morgan fingerprint density at radius 2 is 1.90 bits per heavy atom. The smallest absolute Gasteiger partial charge is 0.129 e. The van der Waals surface area contributed by atoms with Crippen molar-refractivity contribution >= 4 is 61.8 Å². The van der Waals surface area contributed by atoms with Crippen LogP contribution in [0, 0.1) is 0 Å². The lowest BCUT2D eigenvalue weighted by atomic mass is 10.2. The molecule has 2 aromatic carbocycles. The Morgan fingerprint density at radius 3 is 2.60 bits per heavy atom. The van der Waals surface area contributed by atoms with Gasteiger partial charge >= 0.3 is 0 Å². The van der Waals surface area contributed by atoms with Crippen molar-refractivity contribution in [1.82, 2.24) is 9.55 Å². The second kappa shape index (κ2) is 5.57. The van der Waals surface area contributed by atoms with Crippen LogP contribution in [0.15, 0.2) is 40.9 Å². The van der Waals surface area contributed by atoms with Crippen LogP contribution in [0.3, 0.4) is 0 Å². The molecule has 0 amide bonds. The molecule has 0 unspecified atom stereocenters. The molecule has 0 N–H and O–H groups in total. The molecule has 0 aliphatic heterocycles. The lowest BCUT2D eigenvalue weighted by Gasteiger charge is -2.10. The largest absolute Gasteiger partial charge is 0.294 e. The highest BCUT2D eigenvalue weighted by Crippen LogP contribution is 2.30. The summed E-state index contributed by atoms with van der Waals surface area (Å²) in [5.41, 5.74) is 2.57. The maximum absolute atomic E-state index is 6.33. The molecular weight excluding hydrogens is 382 g/mol. The van der Waals surface area contributed by atoms with Crippen LogP contribution in [0.2, 0.25) is 10.0 Å². The predicted molar refractivity (Wildman–Crippen MR) is 88.3 cm³/mol. The van der Waals surface area contributed by atoms with Crippen LogP contribution in [0.4, 0.5) is 0 Å². The van der Waals surface area contributed by atoms with E-state index in [0.29, 0.717) is 15.9 Å². The van der Waals surface area contributed by atoms with Gasteiger partial charge in [-0.2, -0.15) is 0 Å². The highest BCUT2D eigenvalue weighted by atomic mass is 79.9. The summed E-state index contributed by atoms with van der Waals surface area (Å²) in [5.74, 6) is 1.02. The summed E-state index contributed by atoms with van der Waals surface area (Å²) in [7, 11) is 0. The van der Waals surface area contributed by atoms with Gasteiger partial charge in [0.05, 0.1) is 27.6 Å². The minimum absolute atomic E-state index is 0.290. The zero-order chi connectivity index (χ0) is 14.3. The molecule has 3 aromatic rings. The summed E-state index contributed by atoms with van der Waals surface area (Å²) >= 11 is 21.8. The van der Waals surface area contributed by atoms with Gasteiger partial charge in [0, 0.05) is 9.50 Å². The Kier molecular flexibility index (Phi) is 3.95. The summed E-state index contributed by atoms with van der Waals surface area (Å²) in [4.78, 5) is 4.51. The second-order valence-electron chi connectivity index (χ2n) is 4.23. The van der Waals surface area contributed by atoms with Crippen molar-refractivity contribution < 1.29 is 0 Å². The van der Waals surface area contributed by atoms with E-state index in [4.69, 9.17) is 34.8 Å². The first-order valence-corrected chi connectivity index (χ1v) is 7.87. The van der Waals surface area contributed by atoms with E-state index in [-0.39, 0.29) is 0 Å². The van der Waals surface area contributed by atoms with E-state index < -0.39 is 0 Å². The summed E-state index contributed by atoms with van der Waals surface area (Å²) in [6.07, 6.45) is 0. The van der Waals surface area contributed by atoms with Gasteiger partial charge in [0.2, 0.25) is 0 Å². The molecule has 2 nitrogen and oxygen atoms in total. The lowest BCUT2D eigenvalue weighted by Crippen LogP contribution is -2.00. The fourth-order valence-electron chi connectivity index (χ4n) is 2.12. The normalized spacial score (nSPS) is 11.2. The SMILES string of the molecule is ClCc1nc2cc(Cl)ccc2n1-c1ccc(Br)cc1Cl. The Bertz CT molecular complexity index is 798. The fourth-order valence-corrected chi connectivity index (χ4v) is 3.23. The van der Waals surface area contributed by atoms with Gasteiger partial charge in [0.25, 0.3) is 0 Å². The fraction of sp³-hybridized carbons (Fsp3) is 0.0714. The molecule has 0 spiro atoms. The zero-order valence-corrected chi connectivity index (χ0v) is 13.9. The first-order valence-electron chi connectivity index (χ1n) is 5.78. The summed E-state index contributed by atoms with van der Waals surface area (Å²) in [6.45, 7) is 0. The Hall–Kier alpha value is -0.740. The molecule has 0 saturated carbocycles. The van der Waals surface area contributed by atoms with Crippen LogP contribution in [-0.2, 0) is 5.88 Å². The number of alkyl halides is 1. The van der Waals surface area contributed by atoms with Gasteiger partial charge < -0.3 is 0 Å². The maximum Gasteiger partial charge on any atom is 0.129 e. The minimum Gasteiger partial charge on any atom is -0.294 e. The predicted octanol–water partition coefficient (Wildman–Crippen LogP) is 5.83. The molecular formula is C14H8BrCl3N2. The quantitative estimate of drug-likeness (QED) is 0.503. The molecule has 102 valence electrons. The Balaban J connectivity index is 2.34. The number of hydrogen-bond acceptors (Lipinski definition) is 1. The number of imidazole rings is 1. The van der Waals surface area contributed by atoms with Crippen LogP contribution in [-0.4, -0.2) is 9.55 Å². The number of halogens is 4. The van der Waals surface area contributed by atoms with Crippen molar-refractivity contribution in [1.29, 1.82) is 0 Å². The lowest BCUT2D eigenvalue weighted by molar-refractivity contribution is 0.982. The van der Waals surface area contributed by atoms with Crippen LogP contribution >= 0.6 is 50.7 Å². The summed E-state index contributed by atoms with van der Waals surface area (Å²) < 4.78 is 2.87. The highest BCUT2D eigenvalue weighted by Gasteiger charge is 2.14. The average molecular weight is 390 g/mol. The Morgan fingerprint density at radius 1 is 1.10 bits per heavy atom. The standard InChI is InChI=1S/C14H8BrCl3N2/c15-8-1-3-12(10(18)5-8)20-13-4-2-9(17)6-11(13)19-14(20)7-16/h1-6H,7H2. The van der Waals surface area contributed by atoms with Crippen LogP contribution in [0.1, 0.15) is 5.82 Å². The van der Waals surface area contributed by atoms with Crippen molar-refractivity contribution in [2.24, 2.45) is 0 Å². The zero-order valence-electron chi connectivity index (χ0n) is 10.1. The van der Waals surface area contributed by atoms with E-state index in [1.165, 1.54) is 0 Å². The molecule has 20 heavy (non-hydrogen) atoms. The number of hydrogen-bond donors (Lipinski definition) is 0. The number of benzene rings is 2. The Labute approximate surface area is 139 Å². The molecule has 0 bridgehead atoms. The number of rotatable bonds is 2. The average Bonchev–Trinajstić information content (AvgIpc) is 2.76. The second-order valence-corrected chi connectivity index (χ2v) is 6.25. The molecule has 0 atom stereocenters. The monoisotopic (exact) mass is 388 g/mol. The maximum atomic E-state index is 6.33. The third-order valence-corrected chi connectivity index (χ3v) is 4.23. The van der Waals surface area contributed by atoms with Gasteiger partial charge in [0.15, 0.2) is 0 Å². The number of nitrogens with zero attached hydrogens (tertiary/aromatic N) is 2. The van der Waals surface area contributed by atoms with Crippen molar-refractivity contribution in [3.8, 4) is 5.69 Å². The molecule has 1 aromatic heterocycles. The van der Waals surface area contributed by atoms with Crippen molar-refractivity contribution in [3.05, 3.63) is 56.7 Å². The molecule has 0 fully saturated rings. The van der Waals surface area contributed by atoms with E-state index in [9.17, 15) is 0 Å². The van der Waals surface area contributed by atoms with E-state index >= 15 is 0 Å². The molecule has 0 saturated heterocycles. The summed E-state index contributed by atoms with van der Waals surface area (Å²) in [5, 5.41) is 1.27. The third-order valence-electron chi connectivity index (χ3n) is 2.96. The van der Waals surface area contributed by atoms with E-state index in [1.807, 2.05) is 41.0 Å². The first kappa shape index (κ1) is 14.2. The van der Waals surface area contributed by atoms with Crippen molar-refractivity contribution in [3.63, 3.8) is 0 Å². The van der Waals surface area contributed by atoms with Gasteiger partial charge in [-0.15, -0.1) is 11.6 Å². The molecule has 0 aliphatic carbocycles. The van der Waals surface area contributed by atoms with Crippen molar-refractivity contribution in [2.45, 2.75) is 5.88 Å². The first-order chi connectivity index (χ1) is 9.60. The van der Waals surface area contributed by atoms with Gasteiger partial charge in [-0.25, -0.2) is 4.98 Å². The number of aromatic nitrogens is 2. The van der Waals surface area contributed by atoms with Crippen LogP contribution < -0.4 is 0 Å². The summed E-state index contributed by atoms with van der Waals surface area (Å²) in [6, 6.07) is 11.3. The number of fused-ring (bicyclic) bond motifs is 1. The molecule has 0 aliphatic rings. The van der Waals surface area contributed by atoms with Gasteiger partial charge in [-0.3, -0.25) is 4.57 Å². The molecule has 1 heterocycles. The van der Waals surface area contributed by atoms with E-state index in [0.717, 1.165) is 27.0 Å². The van der Waals surface area contributed by atoms with Crippen LogP contribution in [0.5, 0.6) is 0 Å². The topological polar surface area (TPSA) is 17.8 Å². The van der Waals surface area contributed by atoms with Crippen LogP contribution in [0.25, 0.3) is 16.7 Å². The van der Waals surface area contributed by atoms with Gasteiger partial charge in [0.1, 0.15) is 5.82 Å². The molecule has 0 radical (unpaired) electrons.